The van der Waals surface area contributed by atoms with Crippen LogP contribution < -0.4 is 10.5 Å². The van der Waals surface area contributed by atoms with Gasteiger partial charge >= 0.3 is 0 Å². The van der Waals surface area contributed by atoms with Gasteiger partial charge in [0.1, 0.15) is 11.9 Å². The van der Waals surface area contributed by atoms with Crippen LogP contribution in [-0.2, 0) is 0 Å². The number of hydrogen-bond acceptors (Lipinski definition) is 4. The molecule has 2 unspecified atom stereocenters. The highest BCUT2D eigenvalue weighted by atomic mass is 79.9. The van der Waals surface area contributed by atoms with Crippen LogP contribution in [0, 0.1) is 16.0 Å². The van der Waals surface area contributed by atoms with E-state index in [4.69, 9.17) is 10.5 Å². The second-order valence-corrected chi connectivity index (χ2v) is 5.66. The molecule has 0 bridgehead atoms. The molecule has 1 aliphatic carbocycles. The van der Waals surface area contributed by atoms with E-state index in [0.29, 0.717) is 22.7 Å². The molecule has 0 heterocycles. The Morgan fingerprint density at radius 1 is 1.42 bits per heavy atom. The minimum Gasteiger partial charge on any atom is -0.489 e. The number of non-ortho nitro benzene ring substituents is 1. The quantitative estimate of drug-likeness (QED) is 0.679. The highest BCUT2D eigenvalue weighted by Gasteiger charge is 2.26. The van der Waals surface area contributed by atoms with Gasteiger partial charge in [0.2, 0.25) is 0 Å². The Morgan fingerprint density at radius 3 is 2.79 bits per heavy atom. The van der Waals surface area contributed by atoms with Gasteiger partial charge in [-0.05, 0) is 47.8 Å². The van der Waals surface area contributed by atoms with E-state index in [0.717, 1.165) is 19.3 Å². The lowest BCUT2D eigenvalue weighted by molar-refractivity contribution is -0.385. The Balaban J connectivity index is 2.11. The summed E-state index contributed by atoms with van der Waals surface area (Å²) in [7, 11) is 0. The van der Waals surface area contributed by atoms with E-state index >= 15 is 0 Å². The van der Waals surface area contributed by atoms with Gasteiger partial charge in [0.25, 0.3) is 5.69 Å². The summed E-state index contributed by atoms with van der Waals surface area (Å²) in [5.74, 6) is 1.02. The Hall–Kier alpha value is -1.14. The minimum atomic E-state index is -0.419. The number of nitrogens with two attached hydrogens (primary N) is 1. The first-order valence-electron chi connectivity index (χ1n) is 6.42. The van der Waals surface area contributed by atoms with E-state index in [9.17, 15) is 10.1 Å². The predicted molar refractivity (Wildman–Crippen MR) is 76.2 cm³/mol. The molecule has 0 aromatic heterocycles. The Morgan fingerprint density at radius 2 is 2.16 bits per heavy atom. The fourth-order valence-corrected chi connectivity index (χ4v) is 2.92. The average molecular weight is 329 g/mol. The first-order valence-corrected chi connectivity index (χ1v) is 7.21. The normalized spacial score (nSPS) is 23.1. The molecule has 19 heavy (non-hydrogen) atoms. The fourth-order valence-electron chi connectivity index (χ4n) is 2.46. The molecule has 1 fully saturated rings. The lowest BCUT2D eigenvalue weighted by Crippen LogP contribution is -2.35. The third-order valence-electron chi connectivity index (χ3n) is 3.55. The molecule has 0 amide bonds. The number of rotatable bonds is 4. The van der Waals surface area contributed by atoms with Gasteiger partial charge in [0.05, 0.1) is 9.40 Å². The summed E-state index contributed by atoms with van der Waals surface area (Å²) < 4.78 is 6.59. The molecule has 104 valence electrons. The number of benzene rings is 1. The van der Waals surface area contributed by atoms with Crippen molar-refractivity contribution in [3.63, 3.8) is 0 Å². The lowest BCUT2D eigenvalue weighted by Gasteiger charge is -2.31. The minimum absolute atomic E-state index is 0.0539. The zero-order chi connectivity index (χ0) is 13.8. The number of nitro benzene ring substituents is 1. The summed E-state index contributed by atoms with van der Waals surface area (Å²) >= 11 is 3.32. The largest absolute Gasteiger partial charge is 0.489 e. The van der Waals surface area contributed by atoms with Crippen molar-refractivity contribution >= 4 is 21.6 Å². The van der Waals surface area contributed by atoms with Crippen molar-refractivity contribution in [3.8, 4) is 5.75 Å². The van der Waals surface area contributed by atoms with E-state index < -0.39 is 4.92 Å². The maximum Gasteiger partial charge on any atom is 0.270 e. The molecular weight excluding hydrogens is 312 g/mol. The highest BCUT2D eigenvalue weighted by Crippen LogP contribution is 2.33. The van der Waals surface area contributed by atoms with Crippen molar-refractivity contribution in [1.29, 1.82) is 0 Å². The van der Waals surface area contributed by atoms with Crippen molar-refractivity contribution in [1.82, 2.24) is 0 Å². The van der Waals surface area contributed by atoms with Crippen molar-refractivity contribution in [3.05, 3.63) is 32.8 Å². The van der Waals surface area contributed by atoms with Crippen LogP contribution in [0.3, 0.4) is 0 Å². The van der Waals surface area contributed by atoms with Gasteiger partial charge in [-0.3, -0.25) is 10.1 Å². The van der Waals surface area contributed by atoms with Crippen LogP contribution in [0.1, 0.15) is 25.7 Å². The van der Waals surface area contributed by atoms with Gasteiger partial charge in [-0.1, -0.05) is 6.42 Å². The van der Waals surface area contributed by atoms with Gasteiger partial charge in [0, 0.05) is 18.1 Å². The zero-order valence-corrected chi connectivity index (χ0v) is 12.1. The molecule has 1 aromatic rings. The summed E-state index contributed by atoms with van der Waals surface area (Å²) in [5.41, 5.74) is 5.82. The molecule has 0 spiro atoms. The number of nitro groups is 1. The number of hydrogen-bond donors (Lipinski definition) is 1. The monoisotopic (exact) mass is 328 g/mol. The van der Waals surface area contributed by atoms with Crippen molar-refractivity contribution in [2.24, 2.45) is 11.7 Å². The van der Waals surface area contributed by atoms with Gasteiger partial charge in [-0.25, -0.2) is 0 Å². The molecule has 1 aromatic carbocycles. The van der Waals surface area contributed by atoms with Gasteiger partial charge in [0.15, 0.2) is 0 Å². The van der Waals surface area contributed by atoms with Crippen LogP contribution in [0.15, 0.2) is 22.7 Å². The summed E-state index contributed by atoms with van der Waals surface area (Å²) in [5, 5.41) is 10.7. The highest BCUT2D eigenvalue weighted by molar-refractivity contribution is 9.10. The van der Waals surface area contributed by atoms with E-state index in [1.54, 1.807) is 6.07 Å². The van der Waals surface area contributed by atoms with Gasteiger partial charge < -0.3 is 10.5 Å². The maximum absolute atomic E-state index is 10.7. The molecule has 2 rings (SSSR count). The van der Waals surface area contributed by atoms with E-state index in [-0.39, 0.29) is 11.8 Å². The molecule has 1 saturated carbocycles. The second kappa shape index (κ2) is 6.34. The molecule has 6 heteroatoms. The molecular formula is C13H17BrN2O3. The van der Waals surface area contributed by atoms with Gasteiger partial charge in [-0.2, -0.15) is 0 Å². The van der Waals surface area contributed by atoms with Crippen molar-refractivity contribution in [2.45, 2.75) is 31.8 Å². The summed E-state index contributed by atoms with van der Waals surface area (Å²) in [6.45, 7) is 0.620. The third kappa shape index (κ3) is 3.45. The second-order valence-electron chi connectivity index (χ2n) is 4.81. The predicted octanol–water partition coefficient (Wildman–Crippen LogP) is 3.25. The van der Waals surface area contributed by atoms with Crippen molar-refractivity contribution in [2.75, 3.05) is 6.54 Å². The Kier molecular flexibility index (Phi) is 4.76. The van der Waals surface area contributed by atoms with Gasteiger partial charge in [-0.15, -0.1) is 0 Å². The van der Waals surface area contributed by atoms with E-state index in [2.05, 4.69) is 15.9 Å². The zero-order valence-electron chi connectivity index (χ0n) is 10.5. The van der Waals surface area contributed by atoms with E-state index in [1.165, 1.54) is 18.6 Å². The van der Waals surface area contributed by atoms with E-state index in [1.807, 2.05) is 0 Å². The molecule has 0 radical (unpaired) electrons. The molecule has 5 nitrogen and oxygen atoms in total. The first-order chi connectivity index (χ1) is 9.11. The number of nitrogens with zero attached hydrogens (tertiary/aromatic N) is 1. The van der Waals surface area contributed by atoms with Crippen LogP contribution in [0.25, 0.3) is 0 Å². The number of ether oxygens (including phenoxy) is 1. The molecule has 0 aliphatic heterocycles. The van der Waals surface area contributed by atoms with Crippen LogP contribution in [0.5, 0.6) is 5.75 Å². The summed E-state index contributed by atoms with van der Waals surface area (Å²) in [6.07, 6.45) is 4.53. The molecule has 1 aliphatic rings. The van der Waals surface area contributed by atoms with Crippen molar-refractivity contribution < 1.29 is 9.66 Å². The maximum atomic E-state index is 10.7. The van der Waals surface area contributed by atoms with Crippen LogP contribution in [0.2, 0.25) is 0 Å². The van der Waals surface area contributed by atoms with Crippen LogP contribution >= 0.6 is 15.9 Å². The summed E-state index contributed by atoms with van der Waals surface area (Å²) in [6, 6.07) is 4.57. The fraction of sp³-hybridized carbons (Fsp3) is 0.538. The molecule has 2 N–H and O–H groups in total. The SMILES string of the molecule is NCC1CCCCC1Oc1ccc([N+](=O)[O-])cc1Br. The standard InChI is InChI=1S/C13H17BrN2O3/c14-11-7-10(16(17)18)5-6-13(11)19-12-4-2-1-3-9(12)8-15/h5-7,9,12H,1-4,8,15H2. The topological polar surface area (TPSA) is 78.4 Å². The van der Waals surface area contributed by atoms with Crippen LogP contribution in [-0.4, -0.2) is 17.6 Å². The van der Waals surface area contributed by atoms with Crippen LogP contribution in [0.4, 0.5) is 5.69 Å². The molecule has 2 atom stereocenters. The first kappa shape index (κ1) is 14.3. The Labute approximate surface area is 120 Å². The summed E-state index contributed by atoms with van der Waals surface area (Å²) in [4.78, 5) is 10.3. The smallest absolute Gasteiger partial charge is 0.270 e. The third-order valence-corrected chi connectivity index (χ3v) is 4.17. The lowest BCUT2D eigenvalue weighted by atomic mass is 9.86. The number of halogens is 1. The Bertz CT molecular complexity index is 467. The molecule has 0 saturated heterocycles. The average Bonchev–Trinajstić information content (AvgIpc) is 2.41.